The molecule has 0 radical (unpaired) electrons. The second kappa shape index (κ2) is 7.64. The van der Waals surface area contributed by atoms with Gasteiger partial charge in [-0.15, -0.1) is 0 Å². The fraction of sp³-hybridized carbons (Fsp3) is 0.647. The topological polar surface area (TPSA) is 49.9 Å². The van der Waals surface area contributed by atoms with Crippen LogP contribution in [0.2, 0.25) is 0 Å². The van der Waals surface area contributed by atoms with Crippen LogP contribution in [0.15, 0.2) is 29.2 Å². The molecular formula is C17H28N2O3S. The van der Waals surface area contributed by atoms with E-state index in [1.807, 2.05) is 12.1 Å². The molecule has 0 aliphatic carbocycles. The fourth-order valence-corrected chi connectivity index (χ4v) is 4.44. The third-order valence-corrected chi connectivity index (χ3v) is 6.35. The van der Waals surface area contributed by atoms with Gasteiger partial charge in [-0.05, 0) is 26.0 Å². The molecule has 5 nitrogen and oxygen atoms in total. The van der Waals surface area contributed by atoms with Crippen molar-refractivity contribution in [3.05, 3.63) is 24.3 Å². The van der Waals surface area contributed by atoms with Crippen molar-refractivity contribution in [2.45, 2.75) is 37.8 Å². The van der Waals surface area contributed by atoms with E-state index in [1.165, 1.54) is 0 Å². The first-order valence-corrected chi connectivity index (χ1v) is 9.87. The molecule has 1 aliphatic rings. The van der Waals surface area contributed by atoms with Crippen molar-refractivity contribution in [2.24, 2.45) is 0 Å². The van der Waals surface area contributed by atoms with Crippen LogP contribution < -0.4 is 4.90 Å². The molecule has 0 spiro atoms. The maximum Gasteiger partial charge on any atom is 0.180 e. The highest BCUT2D eigenvalue weighted by molar-refractivity contribution is 7.91. The van der Waals surface area contributed by atoms with E-state index in [4.69, 9.17) is 4.74 Å². The quantitative estimate of drug-likeness (QED) is 0.793. The van der Waals surface area contributed by atoms with Gasteiger partial charge in [0.05, 0.1) is 22.9 Å². The van der Waals surface area contributed by atoms with Crippen LogP contribution in [0.3, 0.4) is 0 Å². The molecule has 2 rings (SSSR count). The summed E-state index contributed by atoms with van der Waals surface area (Å²) in [6.07, 6.45) is 0. The third-order valence-electron chi connectivity index (χ3n) is 4.58. The van der Waals surface area contributed by atoms with Crippen molar-refractivity contribution in [2.75, 3.05) is 44.0 Å². The van der Waals surface area contributed by atoms with Gasteiger partial charge in [-0.2, -0.15) is 0 Å². The van der Waals surface area contributed by atoms with Crippen molar-refractivity contribution in [3.63, 3.8) is 0 Å². The number of hydrogen-bond acceptors (Lipinski definition) is 5. The number of para-hydroxylation sites is 1. The summed E-state index contributed by atoms with van der Waals surface area (Å²) in [6.45, 7) is 9.34. The zero-order valence-electron chi connectivity index (χ0n) is 14.5. The molecule has 1 aromatic rings. The van der Waals surface area contributed by atoms with Crippen LogP contribution >= 0.6 is 0 Å². The molecule has 1 aromatic carbocycles. The third kappa shape index (κ3) is 4.05. The van der Waals surface area contributed by atoms with E-state index in [0.29, 0.717) is 17.0 Å². The fourth-order valence-electron chi connectivity index (χ4n) is 3.33. The smallest absolute Gasteiger partial charge is 0.180 e. The predicted octanol–water partition coefficient (Wildman–Crippen LogP) is 2.03. The summed E-state index contributed by atoms with van der Waals surface area (Å²) in [4.78, 5) is 5.09. The number of sulfone groups is 1. The predicted molar refractivity (Wildman–Crippen MR) is 93.9 cm³/mol. The molecule has 0 unspecified atom stereocenters. The maximum absolute atomic E-state index is 12.4. The normalized spacial score (nSPS) is 23.2. The van der Waals surface area contributed by atoms with Crippen LogP contribution in [0.5, 0.6) is 0 Å². The van der Waals surface area contributed by atoms with Gasteiger partial charge in [0.2, 0.25) is 0 Å². The lowest BCUT2D eigenvalue weighted by Crippen LogP contribution is -2.57. The van der Waals surface area contributed by atoms with E-state index in [0.717, 1.165) is 31.9 Å². The van der Waals surface area contributed by atoms with Crippen molar-refractivity contribution < 1.29 is 13.2 Å². The van der Waals surface area contributed by atoms with Gasteiger partial charge in [0.1, 0.15) is 0 Å². The first-order valence-electron chi connectivity index (χ1n) is 8.22. The molecule has 23 heavy (non-hydrogen) atoms. The Kier molecular flexibility index (Phi) is 6.06. The lowest BCUT2D eigenvalue weighted by Gasteiger charge is -2.45. The Hall–Kier alpha value is -1.11. The van der Waals surface area contributed by atoms with Crippen LogP contribution in [0.4, 0.5) is 5.69 Å². The molecule has 0 bridgehead atoms. The molecule has 1 aliphatic heterocycles. The zero-order valence-corrected chi connectivity index (χ0v) is 15.3. The Morgan fingerprint density at radius 3 is 2.35 bits per heavy atom. The highest BCUT2D eigenvalue weighted by atomic mass is 32.2. The number of nitrogens with zero attached hydrogens (tertiary/aromatic N) is 2. The molecule has 130 valence electrons. The number of piperazine rings is 1. The Morgan fingerprint density at radius 1 is 1.17 bits per heavy atom. The van der Waals surface area contributed by atoms with Gasteiger partial charge in [-0.3, -0.25) is 4.90 Å². The largest absolute Gasteiger partial charge is 0.383 e. The second-order valence-electron chi connectivity index (χ2n) is 6.20. The van der Waals surface area contributed by atoms with Crippen LogP contribution in [-0.4, -0.2) is 64.5 Å². The summed E-state index contributed by atoms with van der Waals surface area (Å²) in [5.41, 5.74) is 0.833. The van der Waals surface area contributed by atoms with Crippen molar-refractivity contribution in [3.8, 4) is 0 Å². The Morgan fingerprint density at radius 2 is 1.78 bits per heavy atom. The average molecular weight is 340 g/mol. The van der Waals surface area contributed by atoms with Gasteiger partial charge in [0.15, 0.2) is 9.84 Å². The molecular weight excluding hydrogens is 312 g/mol. The summed E-state index contributed by atoms with van der Waals surface area (Å²) in [6, 6.07) is 8.07. The van der Waals surface area contributed by atoms with Gasteiger partial charge < -0.3 is 9.64 Å². The molecule has 6 heteroatoms. The van der Waals surface area contributed by atoms with E-state index in [1.54, 1.807) is 26.2 Å². The highest BCUT2D eigenvalue weighted by Gasteiger charge is 2.31. The molecule has 1 heterocycles. The molecule has 1 fully saturated rings. The SMILES string of the molecule is CCS(=O)(=O)c1ccccc1N1C[C@H](C)N(CCOC)[C@@H](C)C1. The van der Waals surface area contributed by atoms with E-state index in [9.17, 15) is 8.42 Å². The molecule has 0 saturated carbocycles. The van der Waals surface area contributed by atoms with E-state index >= 15 is 0 Å². The lowest BCUT2D eigenvalue weighted by molar-refractivity contribution is 0.0845. The van der Waals surface area contributed by atoms with E-state index in [2.05, 4.69) is 23.6 Å². The molecule has 2 atom stereocenters. The van der Waals surface area contributed by atoms with Crippen molar-refractivity contribution >= 4 is 15.5 Å². The minimum absolute atomic E-state index is 0.128. The van der Waals surface area contributed by atoms with Crippen LogP contribution in [-0.2, 0) is 14.6 Å². The average Bonchev–Trinajstić information content (AvgIpc) is 2.54. The van der Waals surface area contributed by atoms with Gasteiger partial charge in [0, 0.05) is 38.8 Å². The molecule has 0 N–H and O–H groups in total. The summed E-state index contributed by atoms with van der Waals surface area (Å²) < 4.78 is 30.0. The minimum Gasteiger partial charge on any atom is -0.383 e. The van der Waals surface area contributed by atoms with E-state index in [-0.39, 0.29) is 5.75 Å². The number of methoxy groups -OCH3 is 1. The zero-order chi connectivity index (χ0) is 17.0. The lowest BCUT2D eigenvalue weighted by atomic mass is 10.1. The number of rotatable bonds is 6. The second-order valence-corrected chi connectivity index (χ2v) is 8.45. The summed E-state index contributed by atoms with van der Waals surface area (Å²) in [5.74, 6) is 0.128. The minimum atomic E-state index is -3.22. The van der Waals surface area contributed by atoms with Gasteiger partial charge in [0.25, 0.3) is 0 Å². The van der Waals surface area contributed by atoms with Crippen LogP contribution in [0, 0.1) is 0 Å². The standard InChI is InChI=1S/C17H28N2O3S/c1-5-23(20,21)17-9-7-6-8-16(17)18-12-14(2)19(10-11-22-4)15(3)13-18/h6-9,14-15H,5,10-13H2,1-4H3/t14-,15-/m0/s1. The first kappa shape index (κ1) is 18.2. The number of anilines is 1. The summed E-state index contributed by atoms with van der Waals surface area (Å²) >= 11 is 0. The van der Waals surface area contributed by atoms with Gasteiger partial charge >= 0.3 is 0 Å². The number of ether oxygens (including phenoxy) is 1. The molecule has 1 saturated heterocycles. The summed E-state index contributed by atoms with van der Waals surface area (Å²) in [7, 11) is -1.50. The van der Waals surface area contributed by atoms with Crippen molar-refractivity contribution in [1.29, 1.82) is 0 Å². The van der Waals surface area contributed by atoms with Gasteiger partial charge in [-0.25, -0.2) is 8.42 Å². The number of hydrogen-bond donors (Lipinski definition) is 0. The molecule has 0 amide bonds. The Labute approximate surface area is 140 Å². The number of benzene rings is 1. The highest BCUT2D eigenvalue weighted by Crippen LogP contribution is 2.29. The maximum atomic E-state index is 12.4. The first-order chi connectivity index (χ1) is 10.9. The molecule has 0 aromatic heterocycles. The van der Waals surface area contributed by atoms with Crippen molar-refractivity contribution in [1.82, 2.24) is 4.90 Å². The van der Waals surface area contributed by atoms with Crippen LogP contribution in [0.25, 0.3) is 0 Å². The summed E-state index contributed by atoms with van der Waals surface area (Å²) in [5, 5.41) is 0. The monoisotopic (exact) mass is 340 g/mol. The van der Waals surface area contributed by atoms with E-state index < -0.39 is 9.84 Å². The Bertz CT molecular complexity index is 606. The Balaban J connectivity index is 2.25. The van der Waals surface area contributed by atoms with Crippen LogP contribution in [0.1, 0.15) is 20.8 Å². The van der Waals surface area contributed by atoms with Gasteiger partial charge in [-0.1, -0.05) is 19.1 Å².